The van der Waals surface area contributed by atoms with E-state index in [2.05, 4.69) is 26.1 Å². The first-order valence-corrected chi connectivity index (χ1v) is 6.34. The number of carboxylic acids is 1. The number of nitrogens with zero attached hydrogens (tertiary/aromatic N) is 1. The SMILES string of the molecule is O=C(O)CCc1[nH]nc(-c2cccs2)c1Br. The molecule has 2 aromatic rings. The Labute approximate surface area is 104 Å². The molecule has 0 bridgehead atoms. The molecule has 84 valence electrons. The molecule has 2 N–H and O–H groups in total. The smallest absolute Gasteiger partial charge is 0.303 e. The summed E-state index contributed by atoms with van der Waals surface area (Å²) in [5.74, 6) is -0.806. The van der Waals surface area contributed by atoms with Crippen LogP contribution in [0.2, 0.25) is 0 Å². The second kappa shape index (κ2) is 4.80. The third kappa shape index (κ3) is 2.33. The Kier molecular flexibility index (Phi) is 3.40. The first-order chi connectivity index (χ1) is 7.68. The number of H-pyrrole nitrogens is 1. The van der Waals surface area contributed by atoms with Gasteiger partial charge in [-0.15, -0.1) is 11.3 Å². The van der Waals surface area contributed by atoms with E-state index in [4.69, 9.17) is 5.11 Å². The molecule has 0 unspecified atom stereocenters. The number of halogens is 1. The number of aryl methyl sites for hydroxylation is 1. The van der Waals surface area contributed by atoms with Gasteiger partial charge in [-0.25, -0.2) is 0 Å². The van der Waals surface area contributed by atoms with E-state index in [1.54, 1.807) is 11.3 Å². The normalized spacial score (nSPS) is 10.6. The minimum absolute atomic E-state index is 0.102. The molecule has 0 radical (unpaired) electrons. The quantitative estimate of drug-likeness (QED) is 0.912. The topological polar surface area (TPSA) is 66.0 Å². The number of hydrogen-bond acceptors (Lipinski definition) is 3. The van der Waals surface area contributed by atoms with Crippen LogP contribution in [0.5, 0.6) is 0 Å². The zero-order valence-corrected chi connectivity index (χ0v) is 10.6. The number of rotatable bonds is 4. The molecular formula is C10H9BrN2O2S. The maximum atomic E-state index is 10.5. The maximum Gasteiger partial charge on any atom is 0.303 e. The Morgan fingerprint density at radius 3 is 3.06 bits per heavy atom. The number of aromatic amines is 1. The highest BCUT2D eigenvalue weighted by atomic mass is 79.9. The van der Waals surface area contributed by atoms with Crippen molar-refractivity contribution in [1.82, 2.24) is 10.2 Å². The van der Waals surface area contributed by atoms with E-state index in [0.29, 0.717) is 6.42 Å². The fourth-order valence-corrected chi connectivity index (χ4v) is 2.78. The van der Waals surface area contributed by atoms with Gasteiger partial charge in [-0.2, -0.15) is 5.10 Å². The van der Waals surface area contributed by atoms with Crippen LogP contribution in [0, 0.1) is 0 Å². The van der Waals surface area contributed by atoms with Gasteiger partial charge in [0.25, 0.3) is 0 Å². The lowest BCUT2D eigenvalue weighted by molar-refractivity contribution is -0.136. The van der Waals surface area contributed by atoms with E-state index < -0.39 is 5.97 Å². The lowest BCUT2D eigenvalue weighted by Gasteiger charge is -1.95. The highest BCUT2D eigenvalue weighted by molar-refractivity contribution is 9.10. The van der Waals surface area contributed by atoms with Crippen LogP contribution in [0.4, 0.5) is 0 Å². The third-order valence-electron chi connectivity index (χ3n) is 2.12. The lowest BCUT2D eigenvalue weighted by atomic mass is 10.2. The second-order valence-corrected chi connectivity index (χ2v) is 4.98. The largest absolute Gasteiger partial charge is 0.481 e. The van der Waals surface area contributed by atoms with Crippen molar-refractivity contribution < 1.29 is 9.90 Å². The minimum atomic E-state index is -0.806. The maximum absolute atomic E-state index is 10.5. The van der Waals surface area contributed by atoms with Crippen LogP contribution in [-0.2, 0) is 11.2 Å². The summed E-state index contributed by atoms with van der Waals surface area (Å²) in [5.41, 5.74) is 1.67. The fourth-order valence-electron chi connectivity index (χ4n) is 1.34. The van der Waals surface area contributed by atoms with E-state index in [0.717, 1.165) is 20.7 Å². The molecule has 16 heavy (non-hydrogen) atoms. The molecule has 0 aliphatic carbocycles. The van der Waals surface area contributed by atoms with Gasteiger partial charge in [0, 0.05) is 6.42 Å². The van der Waals surface area contributed by atoms with Crippen LogP contribution >= 0.6 is 27.3 Å². The first kappa shape index (κ1) is 11.3. The summed E-state index contributed by atoms with van der Waals surface area (Å²) in [6.45, 7) is 0. The van der Waals surface area contributed by atoms with Crippen molar-refractivity contribution in [3.63, 3.8) is 0 Å². The Hall–Kier alpha value is -1.14. The highest BCUT2D eigenvalue weighted by Crippen LogP contribution is 2.32. The van der Waals surface area contributed by atoms with E-state index in [-0.39, 0.29) is 6.42 Å². The van der Waals surface area contributed by atoms with E-state index in [9.17, 15) is 4.79 Å². The van der Waals surface area contributed by atoms with E-state index in [1.165, 1.54) is 0 Å². The molecule has 0 fully saturated rings. The van der Waals surface area contributed by atoms with Gasteiger partial charge in [0.05, 0.1) is 21.5 Å². The van der Waals surface area contributed by atoms with Gasteiger partial charge < -0.3 is 5.11 Å². The summed E-state index contributed by atoms with van der Waals surface area (Å²) >= 11 is 5.04. The molecule has 0 aliphatic rings. The van der Waals surface area contributed by atoms with Crippen LogP contribution < -0.4 is 0 Å². The van der Waals surface area contributed by atoms with Crippen molar-refractivity contribution >= 4 is 33.2 Å². The molecule has 0 atom stereocenters. The number of carboxylic acid groups (broad SMARTS) is 1. The number of carbonyl (C=O) groups is 1. The Balaban J connectivity index is 2.21. The van der Waals surface area contributed by atoms with Gasteiger partial charge in [0.15, 0.2) is 0 Å². The standard InChI is InChI=1S/C10H9BrN2O2S/c11-9-6(3-4-8(14)15)12-13-10(9)7-2-1-5-16-7/h1-2,5H,3-4H2,(H,12,13)(H,14,15). The van der Waals surface area contributed by atoms with Crippen molar-refractivity contribution in [2.24, 2.45) is 0 Å². The third-order valence-corrected chi connectivity index (χ3v) is 3.85. The molecule has 0 amide bonds. The molecule has 0 saturated heterocycles. The van der Waals surface area contributed by atoms with Crippen molar-refractivity contribution in [1.29, 1.82) is 0 Å². The predicted octanol–water partition coefficient (Wildman–Crippen LogP) is 2.92. The van der Waals surface area contributed by atoms with Crippen LogP contribution in [0.15, 0.2) is 22.0 Å². The molecule has 2 heterocycles. The minimum Gasteiger partial charge on any atom is -0.481 e. The molecule has 0 aromatic carbocycles. The van der Waals surface area contributed by atoms with Gasteiger partial charge in [0.1, 0.15) is 5.69 Å². The van der Waals surface area contributed by atoms with Gasteiger partial charge in [-0.1, -0.05) is 6.07 Å². The number of aromatic nitrogens is 2. The van der Waals surface area contributed by atoms with E-state index in [1.807, 2.05) is 17.5 Å². The van der Waals surface area contributed by atoms with Crippen molar-refractivity contribution in [3.05, 3.63) is 27.7 Å². The molecular weight excluding hydrogens is 292 g/mol. The Bertz CT molecular complexity index is 493. The van der Waals surface area contributed by atoms with Crippen molar-refractivity contribution in [3.8, 4) is 10.6 Å². The van der Waals surface area contributed by atoms with Crippen LogP contribution in [0.25, 0.3) is 10.6 Å². The zero-order valence-electron chi connectivity index (χ0n) is 8.24. The first-order valence-electron chi connectivity index (χ1n) is 4.67. The van der Waals surface area contributed by atoms with Gasteiger partial charge >= 0.3 is 5.97 Å². The lowest BCUT2D eigenvalue weighted by Crippen LogP contribution is -1.98. The summed E-state index contributed by atoms with van der Waals surface area (Å²) in [7, 11) is 0. The van der Waals surface area contributed by atoms with Crippen LogP contribution in [0.3, 0.4) is 0 Å². The van der Waals surface area contributed by atoms with Crippen LogP contribution in [-0.4, -0.2) is 21.3 Å². The molecule has 2 rings (SSSR count). The van der Waals surface area contributed by atoms with Gasteiger partial charge in [-0.3, -0.25) is 9.89 Å². The van der Waals surface area contributed by atoms with Gasteiger partial charge in [0.2, 0.25) is 0 Å². The molecule has 0 spiro atoms. The highest BCUT2D eigenvalue weighted by Gasteiger charge is 2.13. The average molecular weight is 301 g/mol. The number of aliphatic carboxylic acids is 1. The average Bonchev–Trinajstić information content (AvgIpc) is 2.84. The zero-order chi connectivity index (χ0) is 11.5. The molecule has 2 aromatic heterocycles. The monoisotopic (exact) mass is 300 g/mol. The molecule has 6 heteroatoms. The summed E-state index contributed by atoms with van der Waals surface area (Å²) in [6, 6.07) is 3.94. The molecule has 0 aliphatic heterocycles. The van der Waals surface area contributed by atoms with Crippen LogP contribution in [0.1, 0.15) is 12.1 Å². The van der Waals surface area contributed by atoms with Crippen molar-refractivity contribution in [2.45, 2.75) is 12.8 Å². The summed E-state index contributed by atoms with van der Waals surface area (Å²) in [6.07, 6.45) is 0.555. The summed E-state index contributed by atoms with van der Waals surface area (Å²) < 4.78 is 0.858. The van der Waals surface area contributed by atoms with Crippen molar-refractivity contribution in [2.75, 3.05) is 0 Å². The van der Waals surface area contributed by atoms with Gasteiger partial charge in [-0.05, 0) is 27.4 Å². The fraction of sp³-hybridized carbons (Fsp3) is 0.200. The summed E-state index contributed by atoms with van der Waals surface area (Å²) in [4.78, 5) is 11.5. The molecule has 0 saturated carbocycles. The predicted molar refractivity (Wildman–Crippen MR) is 65.6 cm³/mol. The molecule has 4 nitrogen and oxygen atoms in total. The Morgan fingerprint density at radius 2 is 2.44 bits per heavy atom. The second-order valence-electron chi connectivity index (χ2n) is 3.24. The number of nitrogens with one attached hydrogen (secondary N) is 1. The number of thiophene rings is 1. The van der Waals surface area contributed by atoms with E-state index >= 15 is 0 Å². The summed E-state index contributed by atoms with van der Waals surface area (Å²) in [5, 5.41) is 17.6. The number of hydrogen-bond donors (Lipinski definition) is 2. The Morgan fingerprint density at radius 1 is 1.62 bits per heavy atom.